The Morgan fingerprint density at radius 2 is 2.29 bits per heavy atom. The van der Waals surface area contributed by atoms with Crippen molar-refractivity contribution >= 4 is 17.2 Å². The second kappa shape index (κ2) is 5.93. The zero-order chi connectivity index (χ0) is 14.8. The Bertz CT molecular complexity index is 621. The highest BCUT2D eigenvalue weighted by Gasteiger charge is 2.29. The molecule has 0 bridgehead atoms. The molecular weight excluding hydrogens is 286 g/mol. The predicted molar refractivity (Wildman–Crippen MR) is 79.9 cm³/mol. The molecule has 0 aromatic carbocycles. The van der Waals surface area contributed by atoms with Crippen LogP contribution < -0.4 is 0 Å². The molecule has 0 saturated carbocycles. The van der Waals surface area contributed by atoms with Gasteiger partial charge in [0.05, 0.1) is 17.2 Å². The zero-order valence-electron chi connectivity index (χ0n) is 12.3. The van der Waals surface area contributed by atoms with Crippen LogP contribution in [0.2, 0.25) is 0 Å². The molecule has 3 rings (SSSR count). The first-order valence-corrected chi connectivity index (χ1v) is 8.15. The van der Waals surface area contributed by atoms with Crippen LogP contribution in [0.4, 0.5) is 0 Å². The van der Waals surface area contributed by atoms with Gasteiger partial charge in [-0.1, -0.05) is 0 Å². The van der Waals surface area contributed by atoms with Crippen molar-refractivity contribution in [3.05, 3.63) is 28.2 Å². The molecule has 0 aliphatic carbocycles. The molecular formula is C14H19N5OS. The molecule has 1 atom stereocenters. The van der Waals surface area contributed by atoms with Crippen LogP contribution in [-0.2, 0) is 11.3 Å². The first kappa shape index (κ1) is 14.2. The number of carbonyl (C=O) groups excluding carboxylic acids is 1. The number of carbonyl (C=O) groups is 1. The third-order valence-electron chi connectivity index (χ3n) is 3.86. The molecule has 1 unspecified atom stereocenters. The number of hydrogen-bond donors (Lipinski definition) is 0. The van der Waals surface area contributed by atoms with E-state index in [0.717, 1.165) is 37.3 Å². The summed E-state index contributed by atoms with van der Waals surface area (Å²) in [6.45, 7) is 4.77. The van der Waals surface area contributed by atoms with Gasteiger partial charge in [0.1, 0.15) is 18.2 Å². The molecule has 1 saturated heterocycles. The smallest absolute Gasteiger partial charge is 0.244 e. The van der Waals surface area contributed by atoms with E-state index in [1.807, 2.05) is 29.6 Å². The summed E-state index contributed by atoms with van der Waals surface area (Å²) in [7, 11) is 0. The van der Waals surface area contributed by atoms with Crippen LogP contribution in [0, 0.1) is 13.8 Å². The molecule has 6 nitrogen and oxygen atoms in total. The first-order chi connectivity index (χ1) is 10.1. The molecule has 1 fully saturated rings. The van der Waals surface area contributed by atoms with Gasteiger partial charge in [-0.05, 0) is 33.1 Å². The first-order valence-electron chi connectivity index (χ1n) is 7.21. The summed E-state index contributed by atoms with van der Waals surface area (Å²) in [6, 6.07) is 0.113. The van der Waals surface area contributed by atoms with E-state index in [-0.39, 0.29) is 18.5 Å². The number of nitrogens with zero attached hydrogens (tertiary/aromatic N) is 5. The lowest BCUT2D eigenvalue weighted by Gasteiger charge is -2.34. The highest BCUT2D eigenvalue weighted by atomic mass is 32.1. The average molecular weight is 305 g/mol. The summed E-state index contributed by atoms with van der Waals surface area (Å²) in [5.41, 5.74) is 2.84. The van der Waals surface area contributed by atoms with Gasteiger partial charge >= 0.3 is 0 Å². The molecule has 0 radical (unpaired) electrons. The molecule has 0 spiro atoms. The minimum Gasteiger partial charge on any atom is -0.332 e. The van der Waals surface area contributed by atoms with Crippen molar-refractivity contribution < 1.29 is 4.79 Å². The van der Waals surface area contributed by atoms with Gasteiger partial charge in [-0.25, -0.2) is 14.6 Å². The number of likely N-dealkylation sites (tertiary alicyclic amines) is 1. The van der Waals surface area contributed by atoms with Gasteiger partial charge in [0.2, 0.25) is 5.91 Å². The maximum Gasteiger partial charge on any atom is 0.244 e. The third-order valence-corrected chi connectivity index (χ3v) is 4.47. The van der Waals surface area contributed by atoms with E-state index in [1.165, 1.54) is 0 Å². The molecule has 21 heavy (non-hydrogen) atoms. The van der Waals surface area contributed by atoms with Gasteiger partial charge in [0.15, 0.2) is 0 Å². The molecule has 1 aliphatic heterocycles. The van der Waals surface area contributed by atoms with Crippen LogP contribution in [-0.4, -0.2) is 37.1 Å². The highest BCUT2D eigenvalue weighted by molar-refractivity contribution is 7.07. The van der Waals surface area contributed by atoms with E-state index in [1.54, 1.807) is 16.0 Å². The number of hydrogen-bond acceptors (Lipinski definition) is 5. The van der Waals surface area contributed by atoms with E-state index in [9.17, 15) is 4.79 Å². The monoisotopic (exact) mass is 305 g/mol. The average Bonchev–Trinajstić information content (AvgIpc) is 3.09. The van der Waals surface area contributed by atoms with Crippen LogP contribution >= 0.6 is 11.3 Å². The van der Waals surface area contributed by atoms with Crippen molar-refractivity contribution in [3.8, 4) is 0 Å². The van der Waals surface area contributed by atoms with E-state index < -0.39 is 0 Å². The van der Waals surface area contributed by atoms with Crippen molar-refractivity contribution in [2.75, 3.05) is 6.54 Å². The van der Waals surface area contributed by atoms with Crippen molar-refractivity contribution in [1.82, 2.24) is 24.6 Å². The number of thiazole rings is 1. The second-order valence-corrected chi connectivity index (χ2v) is 6.09. The summed E-state index contributed by atoms with van der Waals surface area (Å²) in [6.07, 6.45) is 3.19. The Balaban J connectivity index is 1.77. The molecule has 3 heterocycles. The van der Waals surface area contributed by atoms with Gasteiger partial charge in [-0.2, -0.15) is 5.10 Å². The van der Waals surface area contributed by atoms with Gasteiger partial charge < -0.3 is 4.90 Å². The largest absolute Gasteiger partial charge is 0.332 e. The van der Waals surface area contributed by atoms with Gasteiger partial charge in [0.25, 0.3) is 0 Å². The Morgan fingerprint density at radius 3 is 2.95 bits per heavy atom. The topological polar surface area (TPSA) is 63.9 Å². The summed E-state index contributed by atoms with van der Waals surface area (Å²) in [5.74, 6) is 1.58. The number of amides is 1. The van der Waals surface area contributed by atoms with E-state index in [0.29, 0.717) is 5.82 Å². The van der Waals surface area contributed by atoms with Crippen LogP contribution in [0.15, 0.2) is 10.9 Å². The Hall–Kier alpha value is -1.76. The number of aromatic nitrogens is 4. The molecule has 7 heteroatoms. The third kappa shape index (κ3) is 2.97. The van der Waals surface area contributed by atoms with Gasteiger partial charge in [-0.3, -0.25) is 4.79 Å². The number of piperidine rings is 1. The molecule has 1 amide bonds. The van der Waals surface area contributed by atoms with Crippen LogP contribution in [0.25, 0.3) is 0 Å². The lowest BCUT2D eigenvalue weighted by Crippen LogP contribution is -2.40. The lowest BCUT2D eigenvalue weighted by atomic mass is 10.00. The summed E-state index contributed by atoms with van der Waals surface area (Å²) in [4.78, 5) is 23.2. The molecule has 2 aromatic rings. The fraction of sp³-hybridized carbons (Fsp3) is 0.571. The van der Waals surface area contributed by atoms with Crippen molar-refractivity contribution in [2.24, 2.45) is 0 Å². The van der Waals surface area contributed by atoms with E-state index >= 15 is 0 Å². The van der Waals surface area contributed by atoms with Crippen molar-refractivity contribution in [1.29, 1.82) is 0 Å². The minimum absolute atomic E-state index is 0.0979. The fourth-order valence-electron chi connectivity index (χ4n) is 2.85. The van der Waals surface area contributed by atoms with E-state index in [2.05, 4.69) is 15.1 Å². The summed E-state index contributed by atoms with van der Waals surface area (Å²) in [5, 5.41) is 6.32. The van der Waals surface area contributed by atoms with Crippen molar-refractivity contribution in [2.45, 2.75) is 45.7 Å². The SMILES string of the molecule is Cc1nc(C)n(CC(=O)N2CCCCC2c2cscn2)n1. The highest BCUT2D eigenvalue weighted by Crippen LogP contribution is 2.30. The Kier molecular flexibility index (Phi) is 4.01. The van der Waals surface area contributed by atoms with Crippen LogP contribution in [0.1, 0.15) is 42.6 Å². The van der Waals surface area contributed by atoms with Crippen LogP contribution in [0.5, 0.6) is 0 Å². The number of aryl methyl sites for hydroxylation is 2. The minimum atomic E-state index is 0.0979. The molecule has 1 aliphatic rings. The van der Waals surface area contributed by atoms with Gasteiger partial charge in [-0.15, -0.1) is 11.3 Å². The fourth-order valence-corrected chi connectivity index (χ4v) is 3.45. The standard InChI is InChI=1S/C14H19N5OS/c1-10-16-11(2)19(17-10)7-14(20)18-6-4-3-5-13(18)12-8-21-9-15-12/h8-9,13H,3-7H2,1-2H3. The Morgan fingerprint density at radius 1 is 1.43 bits per heavy atom. The molecule has 2 aromatic heterocycles. The quantitative estimate of drug-likeness (QED) is 0.871. The second-order valence-electron chi connectivity index (χ2n) is 5.38. The molecule has 112 valence electrons. The number of rotatable bonds is 3. The normalized spacial score (nSPS) is 19.0. The summed E-state index contributed by atoms with van der Waals surface area (Å²) >= 11 is 1.58. The molecule has 0 N–H and O–H groups in total. The predicted octanol–water partition coefficient (Wildman–Crippen LogP) is 2.11. The zero-order valence-corrected chi connectivity index (χ0v) is 13.1. The summed E-state index contributed by atoms with van der Waals surface area (Å²) < 4.78 is 1.68. The maximum absolute atomic E-state index is 12.6. The van der Waals surface area contributed by atoms with E-state index in [4.69, 9.17) is 0 Å². The maximum atomic E-state index is 12.6. The Labute approximate surface area is 127 Å². The lowest BCUT2D eigenvalue weighted by molar-refractivity contribution is -0.136. The van der Waals surface area contributed by atoms with Crippen molar-refractivity contribution in [3.63, 3.8) is 0 Å². The van der Waals surface area contributed by atoms with Gasteiger partial charge in [0, 0.05) is 11.9 Å². The van der Waals surface area contributed by atoms with Crippen LogP contribution in [0.3, 0.4) is 0 Å².